The molecule has 2 atom stereocenters. The Bertz CT molecular complexity index is 1130. The highest BCUT2D eigenvalue weighted by molar-refractivity contribution is 9.10. The Morgan fingerprint density at radius 1 is 1.18 bits per heavy atom. The first-order chi connectivity index (χ1) is 13.4. The van der Waals surface area contributed by atoms with Crippen molar-refractivity contribution in [2.45, 2.75) is 25.1 Å². The van der Waals surface area contributed by atoms with Gasteiger partial charge in [0.25, 0.3) is 0 Å². The second-order valence-corrected chi connectivity index (χ2v) is 7.53. The molecule has 0 fully saturated rings. The zero-order chi connectivity index (χ0) is 19.9. The first kappa shape index (κ1) is 18.7. The maximum Gasteiger partial charge on any atom is 0.137 e. The molecule has 144 valence electrons. The lowest BCUT2D eigenvalue weighted by atomic mass is 9.86. The second kappa shape index (κ2) is 7.06. The van der Waals surface area contributed by atoms with E-state index in [9.17, 15) is 13.9 Å². The van der Waals surface area contributed by atoms with Crippen LogP contribution in [-0.4, -0.2) is 29.7 Å². The standard InChI is InChI=1S/C19H16BrF2N5O/c1-12(27-18-5-2-14(20)6-13(18)8-24-27)19(28,9-26-11-23-10-25-26)16-4-3-15(21)7-17(16)22/h2-8,10-12,28H,9H2,1H3/t12-,19-/m1/s1. The van der Waals surface area contributed by atoms with Crippen LogP contribution in [0.1, 0.15) is 18.5 Å². The van der Waals surface area contributed by atoms with Gasteiger partial charge in [0.1, 0.15) is 29.9 Å². The highest BCUT2D eigenvalue weighted by Gasteiger charge is 2.41. The van der Waals surface area contributed by atoms with Crippen molar-refractivity contribution >= 4 is 26.8 Å². The molecule has 0 aliphatic rings. The molecule has 0 aliphatic carbocycles. The Labute approximate surface area is 167 Å². The lowest BCUT2D eigenvalue weighted by Crippen LogP contribution is -2.41. The summed E-state index contributed by atoms with van der Waals surface area (Å²) >= 11 is 3.42. The maximum absolute atomic E-state index is 14.7. The Kier molecular flexibility index (Phi) is 4.72. The molecule has 0 unspecified atom stereocenters. The van der Waals surface area contributed by atoms with Crippen molar-refractivity contribution in [2.24, 2.45) is 0 Å². The summed E-state index contributed by atoms with van der Waals surface area (Å²) in [5.74, 6) is -1.56. The lowest BCUT2D eigenvalue weighted by molar-refractivity contribution is -0.0354. The second-order valence-electron chi connectivity index (χ2n) is 6.61. The monoisotopic (exact) mass is 447 g/mol. The molecule has 2 aromatic heterocycles. The van der Waals surface area contributed by atoms with E-state index in [1.54, 1.807) is 17.8 Å². The molecule has 4 rings (SSSR count). The first-order valence-electron chi connectivity index (χ1n) is 8.51. The molecule has 0 spiro atoms. The van der Waals surface area contributed by atoms with Crippen LogP contribution in [0.4, 0.5) is 8.78 Å². The van der Waals surface area contributed by atoms with E-state index < -0.39 is 23.3 Å². The molecule has 0 aliphatic heterocycles. The molecule has 4 aromatic rings. The van der Waals surface area contributed by atoms with Gasteiger partial charge in [0.2, 0.25) is 0 Å². The summed E-state index contributed by atoms with van der Waals surface area (Å²) < 4.78 is 32.1. The van der Waals surface area contributed by atoms with Crippen LogP contribution in [-0.2, 0) is 12.1 Å². The number of nitrogens with zero attached hydrogens (tertiary/aromatic N) is 5. The van der Waals surface area contributed by atoms with Gasteiger partial charge in [-0.3, -0.25) is 4.68 Å². The normalized spacial score (nSPS) is 14.9. The zero-order valence-corrected chi connectivity index (χ0v) is 16.4. The van der Waals surface area contributed by atoms with Crippen molar-refractivity contribution < 1.29 is 13.9 Å². The minimum Gasteiger partial charge on any atom is -0.381 e. The Morgan fingerprint density at radius 3 is 2.71 bits per heavy atom. The largest absolute Gasteiger partial charge is 0.381 e. The van der Waals surface area contributed by atoms with Gasteiger partial charge in [-0.05, 0) is 31.2 Å². The fraction of sp³-hybridized carbons (Fsp3) is 0.211. The predicted octanol–water partition coefficient (Wildman–Crippen LogP) is 3.82. The molecule has 2 aromatic carbocycles. The van der Waals surface area contributed by atoms with Crippen LogP contribution in [0.25, 0.3) is 10.9 Å². The van der Waals surface area contributed by atoms with Crippen LogP contribution in [0.2, 0.25) is 0 Å². The van der Waals surface area contributed by atoms with E-state index in [1.807, 2.05) is 18.2 Å². The number of aliphatic hydroxyl groups is 1. The Balaban J connectivity index is 1.86. The first-order valence-corrected chi connectivity index (χ1v) is 9.31. The zero-order valence-electron chi connectivity index (χ0n) is 14.8. The molecular weight excluding hydrogens is 432 g/mol. The van der Waals surface area contributed by atoms with E-state index in [4.69, 9.17) is 0 Å². The lowest BCUT2D eigenvalue weighted by Gasteiger charge is -2.35. The summed E-state index contributed by atoms with van der Waals surface area (Å²) in [4.78, 5) is 3.88. The third-order valence-electron chi connectivity index (χ3n) is 4.88. The fourth-order valence-corrected chi connectivity index (χ4v) is 3.76. The number of rotatable bonds is 5. The van der Waals surface area contributed by atoms with Crippen molar-refractivity contribution in [3.05, 3.63) is 76.9 Å². The molecule has 0 radical (unpaired) electrons. The number of hydrogen-bond acceptors (Lipinski definition) is 4. The number of fused-ring (bicyclic) bond motifs is 1. The molecule has 0 saturated heterocycles. The topological polar surface area (TPSA) is 68.8 Å². The maximum atomic E-state index is 14.7. The van der Waals surface area contributed by atoms with Gasteiger partial charge in [0, 0.05) is 21.5 Å². The van der Waals surface area contributed by atoms with E-state index in [2.05, 4.69) is 31.1 Å². The Morgan fingerprint density at radius 2 is 2.00 bits per heavy atom. The van der Waals surface area contributed by atoms with Crippen LogP contribution in [0.5, 0.6) is 0 Å². The van der Waals surface area contributed by atoms with Crippen LogP contribution in [0.15, 0.2) is 59.7 Å². The smallest absolute Gasteiger partial charge is 0.137 e. The van der Waals surface area contributed by atoms with Crippen LogP contribution >= 0.6 is 15.9 Å². The van der Waals surface area contributed by atoms with Gasteiger partial charge >= 0.3 is 0 Å². The molecule has 0 amide bonds. The third-order valence-corrected chi connectivity index (χ3v) is 5.38. The van der Waals surface area contributed by atoms with Crippen LogP contribution < -0.4 is 0 Å². The third kappa shape index (κ3) is 3.20. The van der Waals surface area contributed by atoms with Gasteiger partial charge in [0.15, 0.2) is 0 Å². The molecule has 9 heteroatoms. The number of aromatic nitrogens is 5. The molecule has 0 saturated carbocycles. The van der Waals surface area contributed by atoms with Crippen molar-refractivity contribution in [1.82, 2.24) is 24.5 Å². The van der Waals surface area contributed by atoms with E-state index >= 15 is 0 Å². The Hall–Kier alpha value is -2.65. The summed E-state index contributed by atoms with van der Waals surface area (Å²) in [6.07, 6.45) is 4.43. The SMILES string of the molecule is C[C@@H](n1ncc2cc(Br)ccc21)[C@](O)(Cn1cncn1)c1ccc(F)cc1F. The minimum atomic E-state index is -1.77. The summed E-state index contributed by atoms with van der Waals surface area (Å²) in [5.41, 5.74) is -1.04. The number of halogens is 3. The van der Waals surface area contributed by atoms with Gasteiger partial charge in [-0.25, -0.2) is 18.4 Å². The summed E-state index contributed by atoms with van der Waals surface area (Å²) in [6, 6.07) is 8.06. The predicted molar refractivity (Wildman–Crippen MR) is 102 cm³/mol. The summed E-state index contributed by atoms with van der Waals surface area (Å²) in [7, 11) is 0. The van der Waals surface area contributed by atoms with Gasteiger partial charge in [0.05, 0.1) is 24.3 Å². The quantitative estimate of drug-likeness (QED) is 0.504. The van der Waals surface area contributed by atoms with Gasteiger partial charge in [-0.15, -0.1) is 0 Å². The van der Waals surface area contributed by atoms with Crippen molar-refractivity contribution in [3.63, 3.8) is 0 Å². The number of hydrogen-bond donors (Lipinski definition) is 1. The van der Waals surface area contributed by atoms with E-state index in [0.717, 1.165) is 27.5 Å². The van der Waals surface area contributed by atoms with Gasteiger partial charge < -0.3 is 5.11 Å². The fourth-order valence-electron chi connectivity index (χ4n) is 3.38. The molecule has 6 nitrogen and oxygen atoms in total. The van der Waals surface area contributed by atoms with E-state index in [0.29, 0.717) is 0 Å². The molecule has 28 heavy (non-hydrogen) atoms. The van der Waals surface area contributed by atoms with Gasteiger partial charge in [-0.2, -0.15) is 10.2 Å². The van der Waals surface area contributed by atoms with Crippen molar-refractivity contribution in [2.75, 3.05) is 0 Å². The van der Waals surface area contributed by atoms with Gasteiger partial charge in [-0.1, -0.05) is 22.0 Å². The summed E-state index contributed by atoms with van der Waals surface area (Å²) in [6.45, 7) is 1.64. The average Bonchev–Trinajstić information content (AvgIpc) is 3.30. The highest BCUT2D eigenvalue weighted by atomic mass is 79.9. The molecule has 1 N–H and O–H groups in total. The summed E-state index contributed by atoms with van der Waals surface area (Å²) in [5, 5.41) is 20.9. The van der Waals surface area contributed by atoms with E-state index in [1.165, 1.54) is 23.4 Å². The van der Waals surface area contributed by atoms with Crippen LogP contribution in [0, 0.1) is 11.6 Å². The van der Waals surface area contributed by atoms with Crippen molar-refractivity contribution in [1.29, 1.82) is 0 Å². The average molecular weight is 448 g/mol. The number of benzene rings is 2. The van der Waals surface area contributed by atoms with Crippen LogP contribution in [0.3, 0.4) is 0 Å². The molecular formula is C19H16BrF2N5O. The highest BCUT2D eigenvalue weighted by Crippen LogP contribution is 2.38. The molecule has 2 heterocycles. The van der Waals surface area contributed by atoms with Crippen molar-refractivity contribution in [3.8, 4) is 0 Å². The minimum absolute atomic E-state index is 0.0438. The van der Waals surface area contributed by atoms with E-state index in [-0.39, 0.29) is 12.1 Å². The molecule has 0 bridgehead atoms.